The standard InChI is InChI=1S/C13H23N5O2/c19-12(5-4-10-18-8-2-1-3-9-18)14-7-6-11-15-13(20)17-16-11/h1-10H2,(H,14,19)(H2,15,16,17,20). The first kappa shape index (κ1) is 14.8. The van der Waals surface area contributed by atoms with Crippen molar-refractivity contribution in [3.8, 4) is 0 Å². The smallest absolute Gasteiger partial charge is 0.340 e. The van der Waals surface area contributed by atoms with E-state index in [0.29, 0.717) is 25.2 Å². The SMILES string of the molecule is O=C(CCCN1CCCCC1)NCCc1n[nH]c(=O)[nH]1. The normalized spacial score (nSPS) is 16.2. The molecule has 1 amide bonds. The van der Waals surface area contributed by atoms with Crippen molar-refractivity contribution in [2.24, 2.45) is 0 Å². The van der Waals surface area contributed by atoms with E-state index in [1.54, 1.807) is 0 Å². The van der Waals surface area contributed by atoms with Gasteiger partial charge in [0.1, 0.15) is 5.82 Å². The molecule has 1 aromatic heterocycles. The zero-order chi connectivity index (χ0) is 14.2. The highest BCUT2D eigenvalue weighted by molar-refractivity contribution is 5.75. The zero-order valence-electron chi connectivity index (χ0n) is 11.8. The molecule has 1 aliphatic rings. The number of hydrogen-bond donors (Lipinski definition) is 3. The van der Waals surface area contributed by atoms with Gasteiger partial charge in [0.05, 0.1) is 0 Å². The molecule has 0 aromatic carbocycles. The van der Waals surface area contributed by atoms with Crippen LogP contribution in [0.5, 0.6) is 0 Å². The average molecular weight is 281 g/mol. The number of nitrogens with one attached hydrogen (secondary N) is 3. The van der Waals surface area contributed by atoms with Crippen molar-refractivity contribution in [2.45, 2.75) is 38.5 Å². The van der Waals surface area contributed by atoms with E-state index in [1.807, 2.05) is 0 Å². The molecule has 7 heteroatoms. The number of piperidine rings is 1. The van der Waals surface area contributed by atoms with Crippen LogP contribution in [0, 0.1) is 0 Å². The number of rotatable bonds is 7. The quantitative estimate of drug-likeness (QED) is 0.657. The summed E-state index contributed by atoms with van der Waals surface area (Å²) in [4.78, 5) is 27.5. The molecule has 1 saturated heterocycles. The fourth-order valence-electron chi connectivity index (χ4n) is 2.48. The van der Waals surface area contributed by atoms with Gasteiger partial charge in [-0.05, 0) is 38.9 Å². The summed E-state index contributed by atoms with van der Waals surface area (Å²) in [6.45, 7) is 3.87. The first-order valence-electron chi connectivity index (χ1n) is 7.36. The minimum atomic E-state index is -0.312. The Morgan fingerprint density at radius 3 is 2.80 bits per heavy atom. The van der Waals surface area contributed by atoms with Crippen molar-refractivity contribution in [1.82, 2.24) is 25.4 Å². The van der Waals surface area contributed by atoms with Gasteiger partial charge in [0.25, 0.3) is 0 Å². The fraction of sp³-hybridized carbons (Fsp3) is 0.769. The van der Waals surface area contributed by atoms with E-state index in [4.69, 9.17) is 0 Å². The third-order valence-corrected chi connectivity index (χ3v) is 3.56. The van der Waals surface area contributed by atoms with Gasteiger partial charge in [0.15, 0.2) is 0 Å². The molecular weight excluding hydrogens is 258 g/mol. The maximum Gasteiger partial charge on any atom is 0.340 e. The molecule has 2 rings (SSSR count). The number of carbonyl (C=O) groups excluding carboxylic acids is 1. The molecule has 20 heavy (non-hydrogen) atoms. The van der Waals surface area contributed by atoms with Crippen LogP contribution in [0.25, 0.3) is 0 Å². The molecule has 2 heterocycles. The Kier molecular flexibility index (Phi) is 5.79. The molecule has 1 aliphatic heterocycles. The van der Waals surface area contributed by atoms with Crippen LogP contribution in [0.2, 0.25) is 0 Å². The average Bonchev–Trinajstić information content (AvgIpc) is 2.86. The Labute approximate surface area is 118 Å². The zero-order valence-corrected chi connectivity index (χ0v) is 11.8. The first-order chi connectivity index (χ1) is 9.74. The van der Waals surface area contributed by atoms with Crippen molar-refractivity contribution in [3.05, 3.63) is 16.3 Å². The van der Waals surface area contributed by atoms with Crippen LogP contribution in [0.4, 0.5) is 0 Å². The molecule has 7 nitrogen and oxygen atoms in total. The van der Waals surface area contributed by atoms with Gasteiger partial charge in [0, 0.05) is 19.4 Å². The Morgan fingerprint density at radius 2 is 2.10 bits per heavy atom. The maximum atomic E-state index is 11.7. The van der Waals surface area contributed by atoms with Gasteiger partial charge in [-0.1, -0.05) is 6.42 Å². The van der Waals surface area contributed by atoms with Crippen LogP contribution in [0.3, 0.4) is 0 Å². The summed E-state index contributed by atoms with van der Waals surface area (Å²) < 4.78 is 0. The van der Waals surface area contributed by atoms with E-state index in [-0.39, 0.29) is 11.6 Å². The van der Waals surface area contributed by atoms with Crippen LogP contribution < -0.4 is 11.0 Å². The molecule has 112 valence electrons. The molecular formula is C13H23N5O2. The summed E-state index contributed by atoms with van der Waals surface area (Å²) in [5.74, 6) is 0.642. The van der Waals surface area contributed by atoms with E-state index in [0.717, 1.165) is 13.0 Å². The number of H-pyrrole nitrogens is 2. The Balaban J connectivity index is 1.52. The monoisotopic (exact) mass is 281 g/mol. The summed E-state index contributed by atoms with van der Waals surface area (Å²) in [5, 5.41) is 8.93. The second-order valence-electron chi connectivity index (χ2n) is 5.23. The van der Waals surface area contributed by atoms with E-state index < -0.39 is 0 Å². The summed E-state index contributed by atoms with van der Waals surface area (Å²) in [5.41, 5.74) is -0.312. The highest BCUT2D eigenvalue weighted by atomic mass is 16.2. The Morgan fingerprint density at radius 1 is 1.30 bits per heavy atom. The van der Waals surface area contributed by atoms with Gasteiger partial charge in [-0.2, -0.15) is 5.10 Å². The molecule has 0 spiro atoms. The van der Waals surface area contributed by atoms with Gasteiger partial charge >= 0.3 is 5.69 Å². The molecule has 1 aromatic rings. The van der Waals surface area contributed by atoms with Gasteiger partial charge in [-0.15, -0.1) is 0 Å². The number of hydrogen-bond acceptors (Lipinski definition) is 4. The predicted molar refractivity (Wildman–Crippen MR) is 75.4 cm³/mol. The lowest BCUT2D eigenvalue weighted by molar-refractivity contribution is -0.121. The third-order valence-electron chi connectivity index (χ3n) is 3.56. The van der Waals surface area contributed by atoms with Crippen molar-refractivity contribution in [2.75, 3.05) is 26.2 Å². The molecule has 0 aliphatic carbocycles. The largest absolute Gasteiger partial charge is 0.356 e. The van der Waals surface area contributed by atoms with Gasteiger partial charge in [0.2, 0.25) is 5.91 Å². The summed E-state index contributed by atoms with van der Waals surface area (Å²) in [6, 6.07) is 0. The van der Waals surface area contributed by atoms with Crippen molar-refractivity contribution >= 4 is 5.91 Å². The number of aromatic amines is 2. The molecule has 1 fully saturated rings. The number of nitrogens with zero attached hydrogens (tertiary/aromatic N) is 2. The van der Waals surface area contributed by atoms with E-state index in [1.165, 1.54) is 32.4 Å². The molecule has 0 atom stereocenters. The predicted octanol–water partition coefficient (Wildman–Crippen LogP) is 0.0228. The highest BCUT2D eigenvalue weighted by Crippen LogP contribution is 2.09. The molecule has 0 bridgehead atoms. The fourth-order valence-corrected chi connectivity index (χ4v) is 2.48. The molecule has 0 radical (unpaired) electrons. The van der Waals surface area contributed by atoms with E-state index >= 15 is 0 Å². The number of likely N-dealkylation sites (tertiary alicyclic amines) is 1. The Hall–Kier alpha value is -1.63. The van der Waals surface area contributed by atoms with Gasteiger partial charge in [-0.25, -0.2) is 9.89 Å². The second-order valence-corrected chi connectivity index (χ2v) is 5.23. The minimum Gasteiger partial charge on any atom is -0.356 e. The maximum absolute atomic E-state index is 11.7. The van der Waals surface area contributed by atoms with E-state index in [2.05, 4.69) is 25.4 Å². The van der Waals surface area contributed by atoms with Crippen molar-refractivity contribution < 1.29 is 4.79 Å². The van der Waals surface area contributed by atoms with Crippen molar-refractivity contribution in [1.29, 1.82) is 0 Å². The van der Waals surface area contributed by atoms with Crippen LogP contribution in [0.1, 0.15) is 37.9 Å². The Bertz CT molecular complexity index is 461. The van der Waals surface area contributed by atoms with Crippen molar-refractivity contribution in [3.63, 3.8) is 0 Å². The molecule has 0 unspecified atom stereocenters. The van der Waals surface area contributed by atoms with Crippen LogP contribution >= 0.6 is 0 Å². The number of carbonyl (C=O) groups is 1. The number of aromatic nitrogens is 3. The minimum absolute atomic E-state index is 0.0693. The van der Waals surface area contributed by atoms with Crippen LogP contribution in [-0.2, 0) is 11.2 Å². The van der Waals surface area contributed by atoms with Crippen LogP contribution in [0.15, 0.2) is 4.79 Å². The lowest BCUT2D eigenvalue weighted by Gasteiger charge is -2.26. The lowest BCUT2D eigenvalue weighted by Crippen LogP contribution is -2.32. The molecule has 0 saturated carbocycles. The summed E-state index contributed by atoms with van der Waals surface area (Å²) in [6.07, 6.45) is 5.92. The third kappa shape index (κ3) is 5.16. The topological polar surface area (TPSA) is 93.9 Å². The number of amides is 1. The van der Waals surface area contributed by atoms with Crippen LogP contribution in [-0.4, -0.2) is 52.2 Å². The lowest BCUT2D eigenvalue weighted by atomic mass is 10.1. The summed E-state index contributed by atoms with van der Waals surface area (Å²) >= 11 is 0. The first-order valence-corrected chi connectivity index (χ1v) is 7.36. The second kappa shape index (κ2) is 7.84. The summed E-state index contributed by atoms with van der Waals surface area (Å²) in [7, 11) is 0. The molecule has 3 N–H and O–H groups in total. The van der Waals surface area contributed by atoms with Gasteiger partial charge in [-0.3, -0.25) is 9.78 Å². The van der Waals surface area contributed by atoms with E-state index in [9.17, 15) is 9.59 Å². The van der Waals surface area contributed by atoms with Gasteiger partial charge < -0.3 is 10.2 Å². The highest BCUT2D eigenvalue weighted by Gasteiger charge is 2.10.